The second-order valence-corrected chi connectivity index (χ2v) is 6.56. The Morgan fingerprint density at radius 2 is 1.95 bits per heavy atom. The minimum Gasteiger partial charge on any atom is -0.490 e. The molecular weight excluding hydrogens is 272 g/mol. The number of epoxide rings is 1. The van der Waals surface area contributed by atoms with Crippen LogP contribution in [0.1, 0.15) is 64.4 Å². The highest BCUT2D eigenvalue weighted by Crippen LogP contribution is 2.27. The Labute approximate surface area is 135 Å². The molecule has 1 aliphatic heterocycles. The molecule has 2 nitrogen and oxygen atoms in total. The van der Waals surface area contributed by atoms with Crippen molar-refractivity contribution in [2.75, 3.05) is 13.2 Å². The lowest BCUT2D eigenvalue weighted by molar-refractivity contribution is 0.202. The fourth-order valence-corrected chi connectivity index (χ4v) is 2.41. The van der Waals surface area contributed by atoms with E-state index in [1.807, 2.05) is 6.07 Å². The summed E-state index contributed by atoms with van der Waals surface area (Å²) >= 11 is 0. The van der Waals surface area contributed by atoms with Gasteiger partial charge >= 0.3 is 0 Å². The summed E-state index contributed by atoms with van der Waals surface area (Å²) in [4.78, 5) is 0. The molecule has 1 aliphatic rings. The van der Waals surface area contributed by atoms with Gasteiger partial charge in [-0.2, -0.15) is 0 Å². The molecule has 22 heavy (non-hydrogen) atoms. The molecule has 0 aliphatic carbocycles. The third kappa shape index (κ3) is 6.65. The summed E-state index contributed by atoms with van der Waals surface area (Å²) in [6, 6.07) is 8.29. The van der Waals surface area contributed by atoms with E-state index in [1.54, 1.807) is 0 Å². The minimum atomic E-state index is -0.0520. The van der Waals surface area contributed by atoms with Crippen molar-refractivity contribution in [2.45, 2.75) is 64.4 Å². The maximum absolute atomic E-state index is 5.80. The molecular formula is C20H30O2. The van der Waals surface area contributed by atoms with Gasteiger partial charge < -0.3 is 9.47 Å². The molecule has 1 aromatic carbocycles. The lowest BCUT2D eigenvalue weighted by Crippen LogP contribution is -2.16. The first-order valence-corrected chi connectivity index (χ1v) is 8.75. The molecule has 1 saturated heterocycles. The third-order valence-corrected chi connectivity index (χ3v) is 4.07. The summed E-state index contributed by atoms with van der Waals surface area (Å²) in [5.41, 5.74) is 1.16. The van der Waals surface area contributed by atoms with E-state index in [0.29, 0.717) is 6.61 Å². The van der Waals surface area contributed by atoms with Crippen molar-refractivity contribution >= 4 is 6.08 Å². The molecule has 0 saturated carbocycles. The first-order chi connectivity index (χ1) is 10.7. The smallest absolute Gasteiger partial charge is 0.123 e. The molecule has 2 rings (SSSR count). The predicted octanol–water partition coefficient (Wildman–Crippen LogP) is 5.62. The maximum Gasteiger partial charge on any atom is 0.123 e. The van der Waals surface area contributed by atoms with Crippen LogP contribution in [0, 0.1) is 0 Å². The number of hydrogen-bond acceptors (Lipinski definition) is 2. The molecule has 0 bridgehead atoms. The Morgan fingerprint density at radius 1 is 1.18 bits per heavy atom. The number of hydrogen-bond donors (Lipinski definition) is 0. The van der Waals surface area contributed by atoms with E-state index in [4.69, 9.17) is 9.47 Å². The second kappa shape index (κ2) is 8.99. The Balaban J connectivity index is 1.65. The zero-order valence-corrected chi connectivity index (χ0v) is 14.1. The van der Waals surface area contributed by atoms with E-state index in [0.717, 1.165) is 12.4 Å². The largest absolute Gasteiger partial charge is 0.490 e. The lowest BCUT2D eigenvalue weighted by atomic mass is 10.1. The van der Waals surface area contributed by atoms with Gasteiger partial charge in [-0.1, -0.05) is 63.3 Å². The first-order valence-electron chi connectivity index (χ1n) is 8.75. The van der Waals surface area contributed by atoms with Gasteiger partial charge in [0.05, 0.1) is 6.61 Å². The molecule has 0 N–H and O–H groups in total. The quantitative estimate of drug-likeness (QED) is 0.391. The molecule has 1 heterocycles. The van der Waals surface area contributed by atoms with Gasteiger partial charge in [0.2, 0.25) is 0 Å². The van der Waals surface area contributed by atoms with Gasteiger partial charge in [-0.05, 0) is 37.5 Å². The van der Waals surface area contributed by atoms with Crippen LogP contribution in [-0.2, 0) is 4.74 Å². The SMILES string of the molecule is CCCCCCCC/C=C/c1cccc(OCC2(C)CO2)c1. The van der Waals surface area contributed by atoms with Crippen molar-refractivity contribution in [2.24, 2.45) is 0 Å². The molecule has 0 amide bonds. The average Bonchev–Trinajstić information content (AvgIpc) is 3.27. The first kappa shape index (κ1) is 17.1. The van der Waals surface area contributed by atoms with Gasteiger partial charge in [-0.15, -0.1) is 0 Å². The zero-order valence-electron chi connectivity index (χ0n) is 14.1. The summed E-state index contributed by atoms with van der Waals surface area (Å²) in [7, 11) is 0. The standard InChI is InChI=1S/C20H30O2/c1-3-4-5-6-7-8-9-10-12-18-13-11-14-19(15-18)21-16-20(2)17-22-20/h10-15H,3-9,16-17H2,1-2H3/b12-10+. The molecule has 1 aromatic rings. The summed E-state index contributed by atoms with van der Waals surface area (Å²) in [6.45, 7) is 5.79. The van der Waals surface area contributed by atoms with Crippen LogP contribution in [0.3, 0.4) is 0 Å². The van der Waals surface area contributed by atoms with Crippen molar-refractivity contribution in [1.29, 1.82) is 0 Å². The van der Waals surface area contributed by atoms with Crippen LogP contribution in [0.5, 0.6) is 5.75 Å². The number of allylic oxidation sites excluding steroid dienone is 1. The van der Waals surface area contributed by atoms with Crippen molar-refractivity contribution in [3.8, 4) is 5.75 Å². The molecule has 1 atom stereocenters. The van der Waals surface area contributed by atoms with E-state index in [-0.39, 0.29) is 5.60 Å². The van der Waals surface area contributed by atoms with E-state index in [9.17, 15) is 0 Å². The number of unbranched alkanes of at least 4 members (excludes halogenated alkanes) is 6. The highest BCUT2D eigenvalue weighted by molar-refractivity contribution is 5.51. The van der Waals surface area contributed by atoms with Crippen molar-refractivity contribution in [3.63, 3.8) is 0 Å². The predicted molar refractivity (Wildman–Crippen MR) is 93.3 cm³/mol. The average molecular weight is 302 g/mol. The Morgan fingerprint density at radius 3 is 2.73 bits per heavy atom. The van der Waals surface area contributed by atoms with E-state index >= 15 is 0 Å². The lowest BCUT2D eigenvalue weighted by Gasteiger charge is -2.09. The van der Waals surface area contributed by atoms with Crippen LogP contribution in [0.15, 0.2) is 30.3 Å². The van der Waals surface area contributed by atoms with Crippen LogP contribution < -0.4 is 4.74 Å². The Hall–Kier alpha value is -1.28. The Kier molecular flexibility index (Phi) is 6.98. The minimum absolute atomic E-state index is 0.0520. The van der Waals surface area contributed by atoms with E-state index in [1.165, 1.54) is 50.5 Å². The van der Waals surface area contributed by atoms with Crippen LogP contribution in [0.2, 0.25) is 0 Å². The van der Waals surface area contributed by atoms with Crippen molar-refractivity contribution < 1.29 is 9.47 Å². The molecule has 0 aromatic heterocycles. The molecule has 0 spiro atoms. The van der Waals surface area contributed by atoms with Gasteiger partial charge in [0.25, 0.3) is 0 Å². The highest BCUT2D eigenvalue weighted by atomic mass is 16.6. The topological polar surface area (TPSA) is 21.8 Å². The van der Waals surface area contributed by atoms with Crippen LogP contribution in [0.25, 0.3) is 6.08 Å². The fraction of sp³-hybridized carbons (Fsp3) is 0.600. The Bertz CT molecular complexity index is 461. The molecule has 122 valence electrons. The van der Waals surface area contributed by atoms with Crippen LogP contribution in [-0.4, -0.2) is 18.8 Å². The summed E-state index contributed by atoms with van der Waals surface area (Å²) in [6.07, 6.45) is 13.8. The van der Waals surface area contributed by atoms with Crippen molar-refractivity contribution in [3.05, 3.63) is 35.9 Å². The highest BCUT2D eigenvalue weighted by Gasteiger charge is 2.40. The number of ether oxygens (including phenoxy) is 2. The van der Waals surface area contributed by atoms with Gasteiger partial charge in [0.1, 0.15) is 18.0 Å². The fourth-order valence-electron chi connectivity index (χ4n) is 2.41. The van der Waals surface area contributed by atoms with E-state index < -0.39 is 0 Å². The van der Waals surface area contributed by atoms with Gasteiger partial charge in [0.15, 0.2) is 0 Å². The number of benzene rings is 1. The molecule has 1 unspecified atom stereocenters. The third-order valence-electron chi connectivity index (χ3n) is 4.07. The van der Waals surface area contributed by atoms with Gasteiger partial charge in [-0.3, -0.25) is 0 Å². The van der Waals surface area contributed by atoms with E-state index in [2.05, 4.69) is 44.2 Å². The molecule has 0 radical (unpaired) electrons. The van der Waals surface area contributed by atoms with Crippen LogP contribution in [0.4, 0.5) is 0 Å². The summed E-state index contributed by atoms with van der Waals surface area (Å²) in [5, 5.41) is 0. The van der Waals surface area contributed by atoms with Gasteiger partial charge in [0, 0.05) is 0 Å². The monoisotopic (exact) mass is 302 g/mol. The van der Waals surface area contributed by atoms with Crippen LogP contribution >= 0.6 is 0 Å². The normalized spacial score (nSPS) is 20.5. The summed E-state index contributed by atoms with van der Waals surface area (Å²) < 4.78 is 11.1. The molecule has 1 fully saturated rings. The van der Waals surface area contributed by atoms with Gasteiger partial charge in [-0.25, -0.2) is 0 Å². The second-order valence-electron chi connectivity index (χ2n) is 6.56. The summed E-state index contributed by atoms with van der Waals surface area (Å²) in [5.74, 6) is 0.929. The maximum atomic E-state index is 5.80. The molecule has 2 heteroatoms. The zero-order chi connectivity index (χ0) is 15.7. The number of rotatable bonds is 11. The van der Waals surface area contributed by atoms with Crippen molar-refractivity contribution in [1.82, 2.24) is 0 Å².